The molecule has 0 amide bonds. The van der Waals surface area contributed by atoms with E-state index >= 15 is 0 Å². The SMILES string of the molecule is Brc1ccccc1Nc1cc(C2CC2)nc(NC2CC2)n1. The van der Waals surface area contributed by atoms with Crippen LogP contribution in [0.3, 0.4) is 0 Å². The van der Waals surface area contributed by atoms with Gasteiger partial charge in [0.25, 0.3) is 0 Å². The number of hydrogen-bond acceptors (Lipinski definition) is 4. The van der Waals surface area contributed by atoms with Crippen LogP contribution in [-0.2, 0) is 0 Å². The normalized spacial score (nSPS) is 17.6. The van der Waals surface area contributed by atoms with E-state index in [4.69, 9.17) is 0 Å². The number of benzene rings is 1. The Balaban J connectivity index is 1.63. The van der Waals surface area contributed by atoms with E-state index in [0.29, 0.717) is 12.0 Å². The third kappa shape index (κ3) is 3.18. The van der Waals surface area contributed by atoms with Crippen molar-refractivity contribution >= 4 is 33.4 Å². The molecule has 2 saturated carbocycles. The molecule has 21 heavy (non-hydrogen) atoms. The van der Waals surface area contributed by atoms with E-state index in [1.54, 1.807) is 0 Å². The maximum Gasteiger partial charge on any atom is 0.225 e. The topological polar surface area (TPSA) is 49.8 Å². The quantitative estimate of drug-likeness (QED) is 0.841. The van der Waals surface area contributed by atoms with Crippen LogP contribution >= 0.6 is 15.9 Å². The van der Waals surface area contributed by atoms with Crippen molar-refractivity contribution in [2.75, 3.05) is 10.6 Å². The predicted octanol–water partition coefficient (Wildman–Crippen LogP) is 4.43. The number of nitrogens with zero attached hydrogens (tertiary/aromatic N) is 2. The highest BCUT2D eigenvalue weighted by atomic mass is 79.9. The van der Waals surface area contributed by atoms with Gasteiger partial charge in [-0.3, -0.25) is 0 Å². The lowest BCUT2D eigenvalue weighted by molar-refractivity contribution is 0.968. The van der Waals surface area contributed by atoms with Crippen molar-refractivity contribution in [1.82, 2.24) is 9.97 Å². The molecule has 4 nitrogen and oxygen atoms in total. The molecule has 1 heterocycles. The van der Waals surface area contributed by atoms with E-state index in [9.17, 15) is 0 Å². The Morgan fingerprint density at radius 2 is 1.86 bits per heavy atom. The third-order valence-corrected chi connectivity index (χ3v) is 4.48. The van der Waals surface area contributed by atoms with Gasteiger partial charge in [-0.25, -0.2) is 4.98 Å². The molecular weight excluding hydrogens is 328 g/mol. The number of rotatable bonds is 5. The van der Waals surface area contributed by atoms with Gasteiger partial charge in [-0.1, -0.05) is 12.1 Å². The third-order valence-electron chi connectivity index (χ3n) is 3.79. The van der Waals surface area contributed by atoms with Gasteiger partial charge in [-0.15, -0.1) is 0 Å². The molecule has 0 atom stereocenters. The van der Waals surface area contributed by atoms with Crippen LogP contribution in [0.2, 0.25) is 0 Å². The highest BCUT2D eigenvalue weighted by Crippen LogP contribution is 2.40. The van der Waals surface area contributed by atoms with Gasteiger partial charge in [-0.2, -0.15) is 4.98 Å². The van der Waals surface area contributed by atoms with E-state index in [-0.39, 0.29) is 0 Å². The van der Waals surface area contributed by atoms with Gasteiger partial charge in [0.2, 0.25) is 5.95 Å². The second-order valence-electron chi connectivity index (χ2n) is 5.80. The standard InChI is InChI=1S/C16H17BrN4/c17-12-3-1-2-4-13(12)19-15-9-14(10-5-6-10)20-16(21-15)18-11-7-8-11/h1-4,9-11H,5-8H2,(H2,18,19,20,21). The smallest absolute Gasteiger partial charge is 0.225 e. The highest BCUT2D eigenvalue weighted by molar-refractivity contribution is 9.10. The first-order chi connectivity index (χ1) is 10.3. The van der Waals surface area contributed by atoms with Crippen LogP contribution in [0.1, 0.15) is 37.3 Å². The highest BCUT2D eigenvalue weighted by Gasteiger charge is 2.27. The summed E-state index contributed by atoms with van der Waals surface area (Å²) >= 11 is 3.56. The molecule has 2 fully saturated rings. The molecule has 0 aliphatic heterocycles. The minimum atomic E-state index is 0.566. The van der Waals surface area contributed by atoms with Crippen molar-refractivity contribution in [1.29, 1.82) is 0 Å². The molecule has 108 valence electrons. The fraction of sp³-hybridized carbons (Fsp3) is 0.375. The van der Waals surface area contributed by atoms with E-state index in [1.807, 2.05) is 24.3 Å². The first-order valence-corrected chi connectivity index (χ1v) is 8.24. The molecule has 0 unspecified atom stereocenters. The Hall–Kier alpha value is -1.62. The van der Waals surface area contributed by atoms with Gasteiger partial charge in [0, 0.05) is 22.5 Å². The fourth-order valence-corrected chi connectivity index (χ4v) is 2.68. The van der Waals surface area contributed by atoms with Crippen molar-refractivity contribution < 1.29 is 0 Å². The van der Waals surface area contributed by atoms with Gasteiger partial charge in [0.15, 0.2) is 0 Å². The summed E-state index contributed by atoms with van der Waals surface area (Å²) in [5.74, 6) is 2.24. The summed E-state index contributed by atoms with van der Waals surface area (Å²) in [4.78, 5) is 9.27. The molecule has 1 aromatic carbocycles. The van der Waals surface area contributed by atoms with Gasteiger partial charge in [0.1, 0.15) is 5.82 Å². The Morgan fingerprint density at radius 1 is 1.05 bits per heavy atom. The van der Waals surface area contributed by atoms with Crippen LogP contribution in [0.25, 0.3) is 0 Å². The zero-order valence-electron chi connectivity index (χ0n) is 11.6. The Morgan fingerprint density at radius 3 is 2.57 bits per heavy atom. The molecule has 4 rings (SSSR count). The number of halogens is 1. The lowest BCUT2D eigenvalue weighted by Crippen LogP contribution is -2.08. The maximum absolute atomic E-state index is 4.67. The molecule has 0 saturated heterocycles. The summed E-state index contributed by atoms with van der Waals surface area (Å²) in [5.41, 5.74) is 2.18. The van der Waals surface area contributed by atoms with Gasteiger partial charge >= 0.3 is 0 Å². The van der Waals surface area contributed by atoms with Crippen molar-refractivity contribution in [3.8, 4) is 0 Å². The van der Waals surface area contributed by atoms with Crippen molar-refractivity contribution in [3.05, 3.63) is 40.5 Å². The average Bonchev–Trinajstić information content (AvgIpc) is 3.35. The zero-order chi connectivity index (χ0) is 14.2. The Kier molecular flexibility index (Phi) is 3.30. The monoisotopic (exact) mass is 344 g/mol. The van der Waals surface area contributed by atoms with Gasteiger partial charge < -0.3 is 10.6 Å². The number of nitrogens with one attached hydrogen (secondary N) is 2. The molecule has 5 heteroatoms. The number of para-hydroxylation sites is 1. The molecular formula is C16H17BrN4. The van der Waals surface area contributed by atoms with Crippen LogP contribution in [0.4, 0.5) is 17.5 Å². The minimum Gasteiger partial charge on any atom is -0.351 e. The molecule has 0 spiro atoms. The van der Waals surface area contributed by atoms with Crippen molar-refractivity contribution in [3.63, 3.8) is 0 Å². The second kappa shape index (κ2) is 5.30. The first kappa shape index (κ1) is 13.1. The lowest BCUT2D eigenvalue weighted by Gasteiger charge is -2.11. The average molecular weight is 345 g/mol. The molecule has 2 aromatic rings. The summed E-state index contributed by atoms with van der Waals surface area (Å²) < 4.78 is 1.04. The van der Waals surface area contributed by atoms with Crippen LogP contribution in [0.5, 0.6) is 0 Å². The molecule has 2 aliphatic rings. The summed E-state index contributed by atoms with van der Waals surface area (Å²) in [7, 11) is 0. The Bertz CT molecular complexity index is 665. The van der Waals surface area contributed by atoms with E-state index in [0.717, 1.165) is 27.6 Å². The predicted molar refractivity (Wildman–Crippen MR) is 88.1 cm³/mol. The number of aromatic nitrogens is 2. The summed E-state index contributed by atoms with van der Waals surface area (Å²) in [6.45, 7) is 0. The van der Waals surface area contributed by atoms with Gasteiger partial charge in [-0.05, 0) is 53.7 Å². The molecule has 2 aliphatic carbocycles. The number of anilines is 3. The zero-order valence-corrected chi connectivity index (χ0v) is 13.2. The second-order valence-corrected chi connectivity index (χ2v) is 6.65. The number of hydrogen-bond donors (Lipinski definition) is 2. The summed E-state index contributed by atoms with van der Waals surface area (Å²) in [6, 6.07) is 10.7. The van der Waals surface area contributed by atoms with E-state index < -0.39 is 0 Å². The molecule has 2 N–H and O–H groups in total. The Labute approximate surface area is 132 Å². The van der Waals surface area contributed by atoms with Crippen molar-refractivity contribution in [2.45, 2.75) is 37.6 Å². The van der Waals surface area contributed by atoms with Crippen molar-refractivity contribution in [2.24, 2.45) is 0 Å². The molecule has 1 aromatic heterocycles. The minimum absolute atomic E-state index is 0.566. The molecule has 0 bridgehead atoms. The van der Waals surface area contributed by atoms with E-state index in [2.05, 4.69) is 42.6 Å². The molecule has 0 radical (unpaired) electrons. The largest absolute Gasteiger partial charge is 0.351 e. The summed E-state index contributed by atoms with van der Waals surface area (Å²) in [6.07, 6.45) is 4.94. The van der Waals surface area contributed by atoms with E-state index in [1.165, 1.54) is 25.7 Å². The summed E-state index contributed by atoms with van der Waals surface area (Å²) in [5, 5.41) is 6.80. The fourth-order valence-electron chi connectivity index (χ4n) is 2.29. The van der Waals surface area contributed by atoms with Gasteiger partial charge in [0.05, 0.1) is 11.4 Å². The first-order valence-electron chi connectivity index (χ1n) is 7.45. The van der Waals surface area contributed by atoms with Crippen LogP contribution in [0.15, 0.2) is 34.8 Å². The maximum atomic E-state index is 4.67. The lowest BCUT2D eigenvalue weighted by atomic mass is 10.2. The van der Waals surface area contributed by atoms with Crippen LogP contribution in [-0.4, -0.2) is 16.0 Å². The van der Waals surface area contributed by atoms with Crippen LogP contribution < -0.4 is 10.6 Å². The van der Waals surface area contributed by atoms with Crippen LogP contribution in [0, 0.1) is 0 Å².